The number of benzene rings is 4. The molecule has 0 radical (unpaired) electrons. The molecular formula is C38H36O18. The maximum atomic E-state index is 13.4. The molecule has 2 aliphatic heterocycles. The van der Waals surface area contributed by atoms with Crippen LogP contribution >= 0.6 is 0 Å². The second kappa shape index (κ2) is 15.2. The first-order valence-corrected chi connectivity index (χ1v) is 16.8. The predicted molar refractivity (Wildman–Crippen MR) is 187 cm³/mol. The van der Waals surface area contributed by atoms with E-state index in [2.05, 4.69) is 0 Å². The molecule has 0 unspecified atom stereocenters. The molecule has 0 aliphatic carbocycles. The highest BCUT2D eigenvalue weighted by Crippen LogP contribution is 2.49. The molecule has 9 N–H and O–H groups in total. The fourth-order valence-electron chi connectivity index (χ4n) is 6.35. The van der Waals surface area contributed by atoms with Crippen LogP contribution in [0.2, 0.25) is 0 Å². The molecular weight excluding hydrogens is 744 g/mol. The third kappa shape index (κ3) is 7.27. The Labute approximate surface area is 316 Å². The van der Waals surface area contributed by atoms with Gasteiger partial charge in [0.15, 0.2) is 23.4 Å². The molecule has 1 saturated heterocycles. The van der Waals surface area contributed by atoms with E-state index in [1.54, 1.807) is 24.3 Å². The Kier molecular flexibility index (Phi) is 10.6. The van der Waals surface area contributed by atoms with Crippen LogP contribution in [0.1, 0.15) is 60.3 Å². The summed E-state index contributed by atoms with van der Waals surface area (Å²) in [5, 5.41) is 93.1. The number of phenolic OH excluding ortho intramolecular Hbond substituents is 7. The minimum absolute atomic E-state index is 0.0223. The lowest BCUT2D eigenvalue weighted by molar-refractivity contribution is -0.276. The largest absolute Gasteiger partial charge is 0.508 e. The molecule has 2 heterocycles. The van der Waals surface area contributed by atoms with Crippen LogP contribution in [0.3, 0.4) is 0 Å². The van der Waals surface area contributed by atoms with Gasteiger partial charge in [0.05, 0.1) is 19.1 Å². The fraction of sp³-hybridized carbons (Fsp3) is 0.289. The molecule has 0 aromatic heterocycles. The van der Waals surface area contributed by atoms with Crippen molar-refractivity contribution in [1.29, 1.82) is 0 Å². The number of esters is 2. The number of aromatic hydroxyl groups is 7. The Morgan fingerprint density at radius 2 is 1.46 bits per heavy atom. The van der Waals surface area contributed by atoms with Crippen molar-refractivity contribution in [3.05, 3.63) is 81.9 Å². The third-order valence-corrected chi connectivity index (χ3v) is 9.32. The quantitative estimate of drug-likeness (QED) is 0.0670. The van der Waals surface area contributed by atoms with E-state index in [0.29, 0.717) is 17.4 Å². The summed E-state index contributed by atoms with van der Waals surface area (Å²) in [5.41, 5.74) is -0.471. The number of hydrogen-bond donors (Lipinski definition) is 9. The van der Waals surface area contributed by atoms with Crippen LogP contribution in [0.4, 0.5) is 0 Å². The molecule has 6 rings (SSSR count). The van der Waals surface area contributed by atoms with Gasteiger partial charge in [0.2, 0.25) is 17.8 Å². The topological polar surface area (TPSA) is 289 Å². The number of hydrogen-bond acceptors (Lipinski definition) is 18. The molecule has 0 bridgehead atoms. The first-order valence-electron chi connectivity index (χ1n) is 16.8. The van der Waals surface area contributed by atoms with Gasteiger partial charge in [-0.15, -0.1) is 0 Å². The zero-order chi connectivity index (χ0) is 40.7. The van der Waals surface area contributed by atoms with Crippen molar-refractivity contribution in [2.75, 3.05) is 13.7 Å². The molecule has 4 aromatic rings. The number of ketones is 1. The molecule has 1 fully saturated rings. The van der Waals surface area contributed by atoms with Gasteiger partial charge < -0.3 is 74.4 Å². The highest BCUT2D eigenvalue weighted by atomic mass is 16.7. The van der Waals surface area contributed by atoms with Gasteiger partial charge in [-0.05, 0) is 43.7 Å². The molecule has 6 atom stereocenters. The van der Waals surface area contributed by atoms with E-state index < -0.39 is 113 Å². The van der Waals surface area contributed by atoms with Crippen molar-refractivity contribution in [3.8, 4) is 57.5 Å². The van der Waals surface area contributed by atoms with Crippen LogP contribution in [-0.2, 0) is 14.2 Å². The van der Waals surface area contributed by atoms with E-state index in [0.717, 1.165) is 18.2 Å². The van der Waals surface area contributed by atoms with Gasteiger partial charge in [-0.1, -0.05) is 12.1 Å². The summed E-state index contributed by atoms with van der Waals surface area (Å²) in [6, 6.07) is 10.2. The monoisotopic (exact) mass is 780 g/mol. The number of fused-ring (bicyclic) bond motifs is 1. The summed E-state index contributed by atoms with van der Waals surface area (Å²) in [5.74, 6) is -8.70. The van der Waals surface area contributed by atoms with Crippen molar-refractivity contribution in [2.24, 2.45) is 0 Å². The van der Waals surface area contributed by atoms with Crippen molar-refractivity contribution in [3.63, 3.8) is 0 Å². The first kappa shape index (κ1) is 39.1. The average molecular weight is 781 g/mol. The molecule has 56 heavy (non-hydrogen) atoms. The number of carbonyl (C=O) groups excluding carboxylic acids is 3. The smallest absolute Gasteiger partial charge is 0.342 e. The molecule has 0 saturated carbocycles. The number of phenols is 7. The third-order valence-electron chi connectivity index (χ3n) is 9.32. The number of methoxy groups -OCH3 is 1. The van der Waals surface area contributed by atoms with Crippen molar-refractivity contribution in [2.45, 2.75) is 57.1 Å². The number of carbonyl (C=O) groups is 3. The Morgan fingerprint density at radius 1 is 0.804 bits per heavy atom. The number of aliphatic hydroxyl groups is 2. The lowest BCUT2D eigenvalue weighted by atomic mass is 9.91. The Balaban J connectivity index is 1.31. The van der Waals surface area contributed by atoms with Gasteiger partial charge in [-0.2, -0.15) is 0 Å². The second-order valence-corrected chi connectivity index (χ2v) is 13.0. The highest BCUT2D eigenvalue weighted by Gasteiger charge is 2.49. The molecule has 4 aromatic carbocycles. The van der Waals surface area contributed by atoms with Crippen LogP contribution in [-0.4, -0.2) is 108 Å². The van der Waals surface area contributed by atoms with E-state index in [1.807, 2.05) is 0 Å². The Hall–Kier alpha value is -6.63. The molecule has 18 heteroatoms. The number of Topliss-reactive ketones (excluding diaryl/α,β-unsaturated/α-hetero) is 1. The molecule has 2 aliphatic rings. The summed E-state index contributed by atoms with van der Waals surface area (Å²) in [7, 11) is 1.50. The minimum Gasteiger partial charge on any atom is -0.508 e. The summed E-state index contributed by atoms with van der Waals surface area (Å²) in [6.45, 7) is 2.00. The lowest BCUT2D eigenvalue weighted by Crippen LogP contribution is -2.61. The van der Waals surface area contributed by atoms with Gasteiger partial charge in [-0.3, -0.25) is 4.79 Å². The van der Waals surface area contributed by atoms with Gasteiger partial charge >= 0.3 is 11.9 Å². The van der Waals surface area contributed by atoms with E-state index in [1.165, 1.54) is 21.0 Å². The van der Waals surface area contributed by atoms with Crippen LogP contribution in [0.5, 0.6) is 57.5 Å². The van der Waals surface area contributed by atoms with Crippen LogP contribution < -0.4 is 14.2 Å². The maximum absolute atomic E-state index is 13.4. The molecule has 0 amide bonds. The van der Waals surface area contributed by atoms with Gasteiger partial charge in [0, 0.05) is 23.3 Å². The number of ether oxygens (including phenoxy) is 6. The first-order chi connectivity index (χ1) is 26.5. The second-order valence-electron chi connectivity index (χ2n) is 13.0. The molecule has 296 valence electrons. The number of rotatable bonds is 9. The standard InChI is InChI=1S/C38H36O18/c1-14-27(43)26-22(41)12-24(16-4-6-20(51-3)7-5-16)53-34(26)15(2)33(14)56-38-32(48)31(47)35(55-36(49)17-8-18(39)10-19(40)9-17)25(54-38)13-52-37(50)21-11-23(42)29(45)30(46)28(21)44/h4-11,24-25,31-32,35,38-40,42-48H,12-13H2,1-3H3/t24-,25+,31+,32+,35+,38-/m0/s1. The maximum Gasteiger partial charge on any atom is 0.342 e. The SMILES string of the molecule is COc1ccc([C@@H]2CC(=O)c3c(O)c(C)c(O[C@@H]4O[C@H](COC(=O)c5cc(O)c(O)c(O)c5O)[C@@H](OC(=O)c5cc(O)cc(O)c5)[C@H](O)[C@H]4O)c(C)c3O2)cc1. The highest BCUT2D eigenvalue weighted by molar-refractivity contribution is 6.04. The van der Waals surface area contributed by atoms with Crippen molar-refractivity contribution in [1.82, 2.24) is 0 Å². The van der Waals surface area contributed by atoms with E-state index in [-0.39, 0.29) is 34.6 Å². The zero-order valence-corrected chi connectivity index (χ0v) is 29.7. The summed E-state index contributed by atoms with van der Waals surface area (Å²) < 4.78 is 33.9. The normalized spacial score (nSPS) is 21.7. The number of aliphatic hydroxyl groups excluding tert-OH is 2. The van der Waals surface area contributed by atoms with Gasteiger partial charge in [-0.25, -0.2) is 9.59 Å². The Morgan fingerprint density at radius 3 is 2.11 bits per heavy atom. The minimum atomic E-state index is -2.06. The van der Waals surface area contributed by atoms with Crippen molar-refractivity contribution >= 4 is 17.7 Å². The predicted octanol–water partition coefficient (Wildman–Crippen LogP) is 2.87. The lowest BCUT2D eigenvalue weighted by Gasteiger charge is -2.42. The van der Waals surface area contributed by atoms with E-state index in [4.69, 9.17) is 28.4 Å². The summed E-state index contributed by atoms with van der Waals surface area (Å²) in [4.78, 5) is 39.5. The summed E-state index contributed by atoms with van der Waals surface area (Å²) >= 11 is 0. The Bertz CT molecular complexity index is 2180. The van der Waals surface area contributed by atoms with E-state index in [9.17, 15) is 60.3 Å². The average Bonchev–Trinajstić information content (AvgIpc) is 3.17. The van der Waals surface area contributed by atoms with E-state index >= 15 is 0 Å². The van der Waals surface area contributed by atoms with Gasteiger partial charge in [0.25, 0.3) is 0 Å². The van der Waals surface area contributed by atoms with Crippen LogP contribution in [0.25, 0.3) is 0 Å². The zero-order valence-electron chi connectivity index (χ0n) is 29.7. The van der Waals surface area contributed by atoms with Crippen molar-refractivity contribution < 1.29 is 88.8 Å². The fourth-order valence-corrected chi connectivity index (χ4v) is 6.35. The molecule has 18 nitrogen and oxygen atoms in total. The van der Waals surface area contributed by atoms with Crippen LogP contribution in [0, 0.1) is 13.8 Å². The molecule has 0 spiro atoms. The summed E-state index contributed by atoms with van der Waals surface area (Å²) in [6.07, 6.45) is -10.4. The van der Waals surface area contributed by atoms with Gasteiger partial charge in [0.1, 0.15) is 76.6 Å². The van der Waals surface area contributed by atoms with Crippen LogP contribution in [0.15, 0.2) is 48.5 Å².